The minimum atomic E-state index is 0.00153. The lowest BCUT2D eigenvalue weighted by Gasteiger charge is -2.22. The highest BCUT2D eigenvalue weighted by Crippen LogP contribution is 2.53. The second-order valence-corrected chi connectivity index (χ2v) is 9.96. The molecule has 4 aromatic carbocycles. The van der Waals surface area contributed by atoms with Crippen LogP contribution >= 0.6 is 11.3 Å². The molecule has 0 radical (unpaired) electrons. The molecular weight excluding hydrogens is 398 g/mol. The van der Waals surface area contributed by atoms with Gasteiger partial charge in [-0.2, -0.15) is 0 Å². The van der Waals surface area contributed by atoms with E-state index in [4.69, 9.17) is 0 Å². The van der Waals surface area contributed by atoms with E-state index >= 15 is 0 Å². The second-order valence-electron chi connectivity index (χ2n) is 8.91. The Morgan fingerprint density at radius 1 is 0.742 bits per heavy atom. The molecule has 1 aliphatic heterocycles. The number of benzene rings is 4. The van der Waals surface area contributed by atoms with Gasteiger partial charge in [-0.05, 0) is 46.5 Å². The Balaban J connectivity index is 1.45. The molecule has 0 spiro atoms. The van der Waals surface area contributed by atoms with Crippen molar-refractivity contribution in [3.05, 3.63) is 90.0 Å². The first-order valence-corrected chi connectivity index (χ1v) is 11.4. The zero-order chi connectivity index (χ0) is 20.7. The van der Waals surface area contributed by atoms with Gasteiger partial charge in [-0.25, -0.2) is 0 Å². The third kappa shape index (κ3) is 2.21. The molecule has 0 bridgehead atoms. The van der Waals surface area contributed by atoms with Crippen molar-refractivity contribution in [2.45, 2.75) is 19.3 Å². The van der Waals surface area contributed by atoms with E-state index in [2.05, 4.69) is 109 Å². The zero-order valence-corrected chi connectivity index (χ0v) is 18.2. The number of nitrogens with one attached hydrogen (secondary N) is 2. The van der Waals surface area contributed by atoms with Gasteiger partial charge in [0, 0.05) is 20.9 Å². The maximum Gasteiger partial charge on any atom is 0.0848 e. The Bertz CT molecular complexity index is 1530. The standard InChI is InChI=1S/C27H21N3S/c1-27(2)20-11-5-3-8-16(20)19-14-24-22(15-21(19)27)28-29-30(24)23-12-7-10-18-17-9-4-6-13-25(17)31-26(18)23/h3-15,28-29H,1-2H3. The summed E-state index contributed by atoms with van der Waals surface area (Å²) in [5, 5.41) is 4.82. The summed E-state index contributed by atoms with van der Waals surface area (Å²) in [5.74, 6) is 0. The highest BCUT2D eigenvalue weighted by Gasteiger charge is 2.37. The molecule has 0 saturated carbocycles. The molecule has 1 aromatic heterocycles. The van der Waals surface area contributed by atoms with Crippen LogP contribution in [-0.2, 0) is 5.41 Å². The molecule has 3 nitrogen and oxygen atoms in total. The van der Waals surface area contributed by atoms with E-state index in [-0.39, 0.29) is 5.41 Å². The first-order chi connectivity index (χ1) is 15.1. The van der Waals surface area contributed by atoms with Gasteiger partial charge in [-0.1, -0.05) is 68.4 Å². The fourth-order valence-electron chi connectivity index (χ4n) is 5.30. The molecule has 0 unspecified atom stereocenters. The topological polar surface area (TPSA) is 27.3 Å². The van der Waals surface area contributed by atoms with Crippen LogP contribution in [0.15, 0.2) is 78.9 Å². The van der Waals surface area contributed by atoms with Crippen LogP contribution in [0, 0.1) is 0 Å². The molecule has 0 amide bonds. The number of hydrazine groups is 2. The largest absolute Gasteiger partial charge is 0.301 e. The highest BCUT2D eigenvalue weighted by atomic mass is 32.1. The van der Waals surface area contributed by atoms with Gasteiger partial charge in [0.05, 0.1) is 21.8 Å². The molecule has 150 valence electrons. The van der Waals surface area contributed by atoms with E-state index in [9.17, 15) is 0 Å². The Labute approximate surface area is 184 Å². The highest BCUT2D eigenvalue weighted by molar-refractivity contribution is 7.26. The van der Waals surface area contributed by atoms with Gasteiger partial charge in [-0.15, -0.1) is 16.9 Å². The summed E-state index contributed by atoms with van der Waals surface area (Å²) in [7, 11) is 0. The number of anilines is 3. The van der Waals surface area contributed by atoms with Crippen LogP contribution < -0.4 is 16.0 Å². The number of rotatable bonds is 1. The van der Waals surface area contributed by atoms with Crippen LogP contribution in [0.1, 0.15) is 25.0 Å². The summed E-state index contributed by atoms with van der Waals surface area (Å²) >= 11 is 1.85. The molecule has 0 fully saturated rings. The molecule has 2 N–H and O–H groups in total. The Morgan fingerprint density at radius 3 is 2.48 bits per heavy atom. The van der Waals surface area contributed by atoms with Gasteiger partial charge in [0.25, 0.3) is 0 Å². The van der Waals surface area contributed by atoms with Crippen molar-refractivity contribution in [1.29, 1.82) is 0 Å². The molecule has 7 rings (SSSR count). The van der Waals surface area contributed by atoms with Crippen molar-refractivity contribution in [3.8, 4) is 11.1 Å². The lowest BCUT2D eigenvalue weighted by Crippen LogP contribution is -2.31. The van der Waals surface area contributed by atoms with Gasteiger partial charge in [0.2, 0.25) is 0 Å². The van der Waals surface area contributed by atoms with Crippen LogP contribution in [0.25, 0.3) is 31.3 Å². The Morgan fingerprint density at radius 2 is 1.55 bits per heavy atom. The molecule has 4 heteroatoms. The number of fused-ring (bicyclic) bond motifs is 7. The van der Waals surface area contributed by atoms with E-state index < -0.39 is 0 Å². The predicted octanol–water partition coefficient (Wildman–Crippen LogP) is 7.34. The van der Waals surface area contributed by atoms with Gasteiger partial charge in [-0.3, -0.25) is 5.01 Å². The molecular formula is C27H21N3S. The molecule has 0 atom stereocenters. The number of thiophene rings is 1. The number of nitrogens with zero attached hydrogens (tertiary/aromatic N) is 1. The summed E-state index contributed by atoms with van der Waals surface area (Å²) in [6.07, 6.45) is 0. The first kappa shape index (κ1) is 17.4. The molecule has 2 aliphatic rings. The molecule has 5 aromatic rings. The number of hydrogen-bond acceptors (Lipinski definition) is 4. The van der Waals surface area contributed by atoms with Gasteiger partial charge in [0.1, 0.15) is 0 Å². The van der Waals surface area contributed by atoms with Crippen LogP contribution in [-0.4, -0.2) is 0 Å². The lowest BCUT2D eigenvalue weighted by atomic mass is 9.82. The monoisotopic (exact) mass is 419 g/mol. The molecule has 0 saturated heterocycles. The third-order valence-corrected chi connectivity index (χ3v) is 8.08. The van der Waals surface area contributed by atoms with Crippen molar-refractivity contribution in [3.63, 3.8) is 0 Å². The Kier molecular flexibility index (Phi) is 3.29. The molecule has 31 heavy (non-hydrogen) atoms. The van der Waals surface area contributed by atoms with Gasteiger partial charge in [0.15, 0.2) is 0 Å². The van der Waals surface area contributed by atoms with Crippen LogP contribution in [0.3, 0.4) is 0 Å². The zero-order valence-electron chi connectivity index (χ0n) is 17.4. The summed E-state index contributed by atoms with van der Waals surface area (Å²) in [5.41, 5.74) is 15.8. The lowest BCUT2D eigenvalue weighted by molar-refractivity contribution is 0.661. The maximum atomic E-state index is 3.42. The summed E-state index contributed by atoms with van der Waals surface area (Å²) in [6.45, 7) is 4.64. The third-order valence-electron chi connectivity index (χ3n) is 6.87. The molecule has 2 heterocycles. The van der Waals surface area contributed by atoms with Crippen LogP contribution in [0.2, 0.25) is 0 Å². The summed E-state index contributed by atoms with van der Waals surface area (Å²) < 4.78 is 2.62. The van der Waals surface area contributed by atoms with E-state index in [0.717, 1.165) is 11.4 Å². The average Bonchev–Trinajstić information content (AvgIpc) is 3.44. The summed E-state index contributed by atoms with van der Waals surface area (Å²) in [6, 6.07) is 28.7. The second kappa shape index (κ2) is 5.88. The van der Waals surface area contributed by atoms with Crippen LogP contribution in [0.4, 0.5) is 17.1 Å². The Hall–Kier alpha value is -3.34. The first-order valence-electron chi connectivity index (χ1n) is 10.6. The van der Waals surface area contributed by atoms with E-state index in [1.165, 1.54) is 48.1 Å². The number of hydrogen-bond donors (Lipinski definition) is 2. The smallest absolute Gasteiger partial charge is 0.0848 e. The minimum Gasteiger partial charge on any atom is -0.301 e. The van der Waals surface area contributed by atoms with Crippen molar-refractivity contribution < 1.29 is 0 Å². The normalized spacial score (nSPS) is 15.7. The van der Waals surface area contributed by atoms with Crippen molar-refractivity contribution >= 4 is 48.6 Å². The SMILES string of the molecule is CC1(C)c2ccccc2-c2cc3c(cc21)NNN3c1cccc2c1sc1ccccc12. The van der Waals surface area contributed by atoms with Crippen molar-refractivity contribution in [2.24, 2.45) is 0 Å². The average molecular weight is 420 g/mol. The summed E-state index contributed by atoms with van der Waals surface area (Å²) in [4.78, 5) is 0. The van der Waals surface area contributed by atoms with E-state index in [0.29, 0.717) is 0 Å². The fraction of sp³-hybridized carbons (Fsp3) is 0.111. The maximum absolute atomic E-state index is 3.42. The van der Waals surface area contributed by atoms with Gasteiger partial charge >= 0.3 is 0 Å². The van der Waals surface area contributed by atoms with Crippen molar-refractivity contribution in [2.75, 3.05) is 10.4 Å². The predicted molar refractivity (Wildman–Crippen MR) is 132 cm³/mol. The minimum absolute atomic E-state index is 0.00153. The van der Waals surface area contributed by atoms with E-state index in [1.807, 2.05) is 11.3 Å². The van der Waals surface area contributed by atoms with Crippen LogP contribution in [0.5, 0.6) is 0 Å². The van der Waals surface area contributed by atoms with E-state index in [1.54, 1.807) is 0 Å². The van der Waals surface area contributed by atoms with Crippen molar-refractivity contribution in [1.82, 2.24) is 5.53 Å². The molecule has 1 aliphatic carbocycles. The quantitative estimate of drug-likeness (QED) is 0.297. The van der Waals surface area contributed by atoms with Gasteiger partial charge < -0.3 is 5.43 Å². The fourth-order valence-corrected chi connectivity index (χ4v) is 6.50.